The van der Waals surface area contributed by atoms with Crippen molar-refractivity contribution >= 4 is 43.4 Å². The van der Waals surface area contributed by atoms with Gasteiger partial charge in [0.05, 0.1) is 35.3 Å². The van der Waals surface area contributed by atoms with Crippen LogP contribution < -0.4 is 20.5 Å². The number of benzene rings is 3. The second kappa shape index (κ2) is 9.67. The Labute approximate surface area is 204 Å². The lowest BCUT2D eigenvalue weighted by Gasteiger charge is -2.12. The Morgan fingerprint density at radius 3 is 2.21 bits per heavy atom. The van der Waals surface area contributed by atoms with E-state index < -0.39 is 16.1 Å². The van der Waals surface area contributed by atoms with Gasteiger partial charge in [0.1, 0.15) is 5.75 Å². The standard InChI is InChI=1S/C23H20BrN5O4S/c1-33-19-10-2-15(3-11-19)22-21(28-23(30)27-17-6-4-16(24)5-7-17)14-26-29(22)18-8-12-20(13-9-18)34(25,31)32/h2-14H,1H3,(H2,25,31,32)(H2,27,28,30). The highest BCUT2D eigenvalue weighted by Gasteiger charge is 2.18. The number of aromatic nitrogens is 2. The number of nitrogens with zero attached hydrogens (tertiary/aromatic N) is 2. The fourth-order valence-electron chi connectivity index (χ4n) is 3.26. The van der Waals surface area contributed by atoms with Gasteiger partial charge in [-0.1, -0.05) is 15.9 Å². The number of carbonyl (C=O) groups is 1. The van der Waals surface area contributed by atoms with E-state index in [-0.39, 0.29) is 4.90 Å². The van der Waals surface area contributed by atoms with Crippen molar-refractivity contribution in [3.63, 3.8) is 0 Å². The van der Waals surface area contributed by atoms with Gasteiger partial charge in [0.2, 0.25) is 10.0 Å². The summed E-state index contributed by atoms with van der Waals surface area (Å²) in [6, 6.07) is 20.0. The maximum Gasteiger partial charge on any atom is 0.323 e. The summed E-state index contributed by atoms with van der Waals surface area (Å²) < 4.78 is 31.0. The largest absolute Gasteiger partial charge is 0.497 e. The topological polar surface area (TPSA) is 128 Å². The van der Waals surface area contributed by atoms with Gasteiger partial charge in [0.15, 0.2) is 0 Å². The summed E-state index contributed by atoms with van der Waals surface area (Å²) in [6.45, 7) is 0. The van der Waals surface area contributed by atoms with Gasteiger partial charge in [-0.3, -0.25) is 0 Å². The normalized spacial score (nSPS) is 11.1. The molecule has 0 bridgehead atoms. The number of urea groups is 1. The van der Waals surface area contributed by atoms with Crippen LogP contribution in [-0.4, -0.2) is 31.3 Å². The second-order valence-corrected chi connectivity index (χ2v) is 9.65. The highest BCUT2D eigenvalue weighted by atomic mass is 79.9. The molecule has 2 amide bonds. The molecule has 1 aromatic heterocycles. The predicted molar refractivity (Wildman–Crippen MR) is 134 cm³/mol. The molecular weight excluding hydrogens is 522 g/mol. The number of anilines is 2. The fraction of sp³-hybridized carbons (Fsp3) is 0.0435. The SMILES string of the molecule is COc1ccc(-c2c(NC(=O)Nc3ccc(Br)cc3)cnn2-c2ccc(S(N)(=O)=O)cc2)cc1. The second-order valence-electron chi connectivity index (χ2n) is 7.17. The minimum Gasteiger partial charge on any atom is -0.497 e. The quantitative estimate of drug-likeness (QED) is 0.328. The van der Waals surface area contributed by atoms with Gasteiger partial charge in [0.25, 0.3) is 0 Å². The molecule has 0 unspecified atom stereocenters. The van der Waals surface area contributed by atoms with Crippen LogP contribution in [0.2, 0.25) is 0 Å². The van der Waals surface area contributed by atoms with Crippen molar-refractivity contribution in [3.8, 4) is 22.7 Å². The summed E-state index contributed by atoms with van der Waals surface area (Å²) in [5.74, 6) is 0.676. The summed E-state index contributed by atoms with van der Waals surface area (Å²) in [5, 5.41) is 15.2. The zero-order valence-electron chi connectivity index (χ0n) is 17.9. The third kappa shape index (κ3) is 5.28. The monoisotopic (exact) mass is 541 g/mol. The molecule has 0 fully saturated rings. The van der Waals surface area contributed by atoms with Crippen molar-refractivity contribution in [2.45, 2.75) is 4.90 Å². The summed E-state index contributed by atoms with van der Waals surface area (Å²) in [4.78, 5) is 12.7. The molecule has 3 aromatic carbocycles. The third-order valence-corrected chi connectivity index (χ3v) is 6.35. The number of methoxy groups -OCH3 is 1. The van der Waals surface area contributed by atoms with Crippen LogP contribution >= 0.6 is 15.9 Å². The van der Waals surface area contributed by atoms with Crippen molar-refractivity contribution in [1.82, 2.24) is 9.78 Å². The van der Waals surface area contributed by atoms with Crippen LogP contribution in [0.5, 0.6) is 5.75 Å². The minimum absolute atomic E-state index is 0.0124. The van der Waals surface area contributed by atoms with Crippen LogP contribution in [0.4, 0.5) is 16.2 Å². The molecule has 0 radical (unpaired) electrons. The smallest absolute Gasteiger partial charge is 0.323 e. The molecule has 0 saturated carbocycles. The van der Waals surface area contributed by atoms with Gasteiger partial charge in [-0.2, -0.15) is 5.10 Å². The van der Waals surface area contributed by atoms with Crippen LogP contribution in [0.15, 0.2) is 88.4 Å². The molecule has 1 heterocycles. The summed E-state index contributed by atoms with van der Waals surface area (Å²) in [5.41, 5.74) is 3.01. The first-order chi connectivity index (χ1) is 16.2. The number of rotatable bonds is 6. The molecule has 0 aliphatic heterocycles. The first kappa shape index (κ1) is 23.5. The molecule has 0 saturated heterocycles. The molecule has 0 atom stereocenters. The van der Waals surface area contributed by atoms with Gasteiger partial charge in [-0.25, -0.2) is 23.0 Å². The average molecular weight is 542 g/mol. The van der Waals surface area contributed by atoms with Gasteiger partial charge >= 0.3 is 6.03 Å². The van der Waals surface area contributed by atoms with Crippen molar-refractivity contribution in [1.29, 1.82) is 0 Å². The van der Waals surface area contributed by atoms with Crippen LogP contribution in [0.25, 0.3) is 16.9 Å². The van der Waals surface area contributed by atoms with Crippen molar-refractivity contribution in [2.75, 3.05) is 17.7 Å². The van der Waals surface area contributed by atoms with E-state index in [1.807, 2.05) is 24.3 Å². The molecule has 4 aromatic rings. The summed E-state index contributed by atoms with van der Waals surface area (Å²) >= 11 is 3.36. The number of amides is 2. The van der Waals surface area contributed by atoms with E-state index in [0.717, 1.165) is 10.0 Å². The Hall–Kier alpha value is -3.67. The molecule has 11 heteroatoms. The van der Waals surface area contributed by atoms with Gasteiger partial charge < -0.3 is 15.4 Å². The lowest BCUT2D eigenvalue weighted by molar-refractivity contribution is 0.262. The molecule has 9 nitrogen and oxygen atoms in total. The number of nitrogens with two attached hydrogens (primary N) is 1. The lowest BCUT2D eigenvalue weighted by atomic mass is 10.1. The first-order valence-electron chi connectivity index (χ1n) is 9.94. The number of halogens is 1. The molecule has 4 rings (SSSR count). The van der Waals surface area contributed by atoms with Gasteiger partial charge in [-0.15, -0.1) is 0 Å². The van der Waals surface area contributed by atoms with Crippen LogP contribution in [0.3, 0.4) is 0 Å². The van der Waals surface area contributed by atoms with Crippen molar-refractivity contribution in [3.05, 3.63) is 83.5 Å². The fourth-order valence-corrected chi connectivity index (χ4v) is 4.04. The zero-order valence-corrected chi connectivity index (χ0v) is 20.3. The predicted octanol–water partition coefficient (Wildman–Crippen LogP) is 4.60. The summed E-state index contributed by atoms with van der Waals surface area (Å²) in [6.07, 6.45) is 1.52. The number of ether oxygens (including phenoxy) is 1. The Bertz CT molecular complexity index is 1420. The number of sulfonamides is 1. The maximum atomic E-state index is 12.7. The first-order valence-corrected chi connectivity index (χ1v) is 12.3. The molecular formula is C23H20BrN5O4S. The van der Waals surface area contributed by atoms with Gasteiger partial charge in [-0.05, 0) is 72.8 Å². The molecule has 0 spiro atoms. The van der Waals surface area contributed by atoms with E-state index in [1.165, 1.54) is 18.3 Å². The van der Waals surface area contributed by atoms with Crippen molar-refractivity contribution in [2.24, 2.45) is 5.14 Å². The minimum atomic E-state index is -3.83. The van der Waals surface area contributed by atoms with Crippen LogP contribution in [0.1, 0.15) is 0 Å². The molecule has 0 aliphatic rings. The average Bonchev–Trinajstić information content (AvgIpc) is 3.23. The molecule has 0 aliphatic carbocycles. The maximum absolute atomic E-state index is 12.7. The van der Waals surface area contributed by atoms with E-state index >= 15 is 0 Å². The highest BCUT2D eigenvalue weighted by Crippen LogP contribution is 2.32. The third-order valence-electron chi connectivity index (χ3n) is 4.89. The Morgan fingerprint density at radius 2 is 1.62 bits per heavy atom. The van der Waals surface area contributed by atoms with E-state index in [0.29, 0.717) is 28.5 Å². The lowest BCUT2D eigenvalue weighted by Crippen LogP contribution is -2.19. The zero-order chi connectivity index (χ0) is 24.3. The van der Waals surface area contributed by atoms with E-state index in [1.54, 1.807) is 48.2 Å². The molecule has 4 N–H and O–H groups in total. The summed E-state index contributed by atoms with van der Waals surface area (Å²) in [7, 11) is -2.25. The Balaban J connectivity index is 1.70. The van der Waals surface area contributed by atoms with Crippen molar-refractivity contribution < 1.29 is 17.9 Å². The Morgan fingerprint density at radius 1 is 0.971 bits per heavy atom. The Kier molecular flexibility index (Phi) is 6.68. The van der Waals surface area contributed by atoms with Gasteiger partial charge in [0, 0.05) is 15.7 Å². The number of nitrogens with one attached hydrogen (secondary N) is 2. The number of primary sulfonamides is 1. The highest BCUT2D eigenvalue weighted by molar-refractivity contribution is 9.10. The van der Waals surface area contributed by atoms with E-state index in [4.69, 9.17) is 9.88 Å². The molecule has 174 valence electrons. The van der Waals surface area contributed by atoms with E-state index in [9.17, 15) is 13.2 Å². The number of hydrogen-bond donors (Lipinski definition) is 3. The van der Waals surface area contributed by atoms with Crippen LogP contribution in [0, 0.1) is 0 Å². The van der Waals surface area contributed by atoms with Crippen LogP contribution in [-0.2, 0) is 10.0 Å². The molecule has 34 heavy (non-hydrogen) atoms. The number of carbonyl (C=O) groups excluding carboxylic acids is 1. The number of hydrogen-bond acceptors (Lipinski definition) is 5. The van der Waals surface area contributed by atoms with E-state index in [2.05, 4.69) is 31.7 Å².